The number of methoxy groups -OCH3 is 3. The topological polar surface area (TPSA) is 104 Å². The number of hydrogen-bond acceptors (Lipinski definition) is 7. The second-order valence-electron chi connectivity index (χ2n) is 38.5. The van der Waals surface area contributed by atoms with E-state index in [1.165, 1.54) is 181 Å². The summed E-state index contributed by atoms with van der Waals surface area (Å²) in [6.07, 6.45) is 12.9. The fourth-order valence-electron chi connectivity index (χ4n) is 22.7. The fourth-order valence-corrected chi connectivity index (χ4v) is 22.7. The molecule has 9 aromatic heterocycles. The molecule has 14 heteroatoms. The molecule has 0 bridgehead atoms. The first-order valence-corrected chi connectivity index (χ1v) is 50.8. The molecule has 0 fully saturated rings. The Morgan fingerprint density at radius 3 is 1.03 bits per heavy atom. The van der Waals surface area contributed by atoms with E-state index in [4.69, 9.17) is 23.4 Å². The normalized spacial score (nSPS) is 12.4. The summed E-state index contributed by atoms with van der Waals surface area (Å²) in [5.41, 5.74) is 35.0. The molecular formula is C133H110IrN8O5-2. The van der Waals surface area contributed by atoms with Gasteiger partial charge in [0.1, 0.15) is 11.2 Å². The van der Waals surface area contributed by atoms with Crippen LogP contribution in [0.15, 0.2) is 405 Å². The Morgan fingerprint density at radius 2 is 0.646 bits per heavy atom. The number of aromatic nitrogens is 8. The van der Waals surface area contributed by atoms with E-state index in [0.29, 0.717) is 13.2 Å². The van der Waals surface area contributed by atoms with Crippen LogP contribution in [0.2, 0.25) is 0 Å². The second-order valence-corrected chi connectivity index (χ2v) is 38.5. The van der Waals surface area contributed by atoms with Crippen LogP contribution < -0.4 is 0 Å². The minimum Gasteiger partial charge on any atom is -0.456 e. The van der Waals surface area contributed by atoms with Crippen molar-refractivity contribution in [2.45, 2.75) is 98.6 Å². The van der Waals surface area contributed by atoms with Crippen molar-refractivity contribution in [1.82, 2.24) is 37.0 Å². The number of aryl methyl sites for hydroxylation is 3. The molecule has 13 nitrogen and oxygen atoms in total. The van der Waals surface area contributed by atoms with Crippen molar-refractivity contribution < 1.29 is 43.5 Å². The van der Waals surface area contributed by atoms with E-state index in [-0.39, 0.29) is 38.4 Å². The third-order valence-electron chi connectivity index (χ3n) is 29.8. The maximum Gasteiger partial charge on any atom is 0.135 e. The number of para-hydroxylation sites is 10. The maximum absolute atomic E-state index is 6.37. The minimum atomic E-state index is 0. The molecule has 0 saturated heterocycles. The van der Waals surface area contributed by atoms with E-state index in [1.54, 1.807) is 14.2 Å². The van der Waals surface area contributed by atoms with E-state index in [2.05, 4.69) is 455 Å². The van der Waals surface area contributed by atoms with Crippen LogP contribution >= 0.6 is 0 Å². The van der Waals surface area contributed by atoms with Gasteiger partial charge in [-0.1, -0.05) is 290 Å². The predicted molar refractivity (Wildman–Crippen MR) is 606 cm³/mol. The molecule has 0 aliphatic rings. The summed E-state index contributed by atoms with van der Waals surface area (Å²) in [6.45, 7) is 14.2. The first-order chi connectivity index (χ1) is 71.9. The Morgan fingerprint density at radius 1 is 0.299 bits per heavy atom. The van der Waals surface area contributed by atoms with E-state index in [1.807, 2.05) is 44.0 Å². The van der Waals surface area contributed by atoms with Gasteiger partial charge < -0.3 is 50.4 Å². The standard InChI is InChI=1S/C47H36N2O2.C35H30N2O.C28H27N2O2.C23H17N2.Ir/c1-3-35(50-2)24-30-20-22-46-40(25-30)41-28-31(21-23-47(41)51-46)32-26-33(48-42-16-8-4-12-36(42)37-13-5-9-17-43(37)48)29-34(27-32)49-44-18-10-6-14-38(44)39-15-7-11-19-45(39)49;1-3-27(38-2)22-24-20-25(36-32-16-8-4-12-28(32)29-13-5-9-17-33(29)36)23-26(21-24)37-34-18-10-6-14-30(34)31-15-7-11-19-35(31)37;1-4-21(31-3)18-32-17-20-12-13-22(19(2)16-20)23-9-7-10-25-27(23)24-8-5-6-11-26(24)30-15-14-29-28(25)30;1-15-10-11-17(16(2)14-15)18-7-5-8-20-22(18)19-6-3-4-9-21(19)25-13-12-24-23(20)25;/h4-23,25-29,35H,3,24H2,1-2H3;4-21,23,27H,3,22H2,1-2H3;5-9,11-16,21H,4,17-18H2,1-3H3;3-7,9-14H,1-2H3;/q;;2*-1;. The molecule has 0 aliphatic carbocycles. The minimum absolute atomic E-state index is 0. The van der Waals surface area contributed by atoms with Gasteiger partial charge in [-0.25, -0.2) is 0 Å². The van der Waals surface area contributed by atoms with Gasteiger partial charge in [-0.15, -0.1) is 36.4 Å². The van der Waals surface area contributed by atoms with Crippen molar-refractivity contribution in [2.75, 3.05) is 27.9 Å². The van der Waals surface area contributed by atoms with Gasteiger partial charge in [0, 0.05) is 154 Å². The molecule has 27 rings (SSSR count). The summed E-state index contributed by atoms with van der Waals surface area (Å²) in [4.78, 5) is 9.24. The predicted octanol–water partition coefficient (Wildman–Crippen LogP) is 33.3. The molecular weight excluding hydrogens is 1980 g/mol. The van der Waals surface area contributed by atoms with E-state index in [0.717, 1.165) is 104 Å². The SMILES string of the molecule is CCC(COCc1ccc(-c2cc[c-]c3c2c2ccccc2n2ccnc32)c(C)c1)OC.CCC(Cc1cc(-n2c3ccccc3c3ccccc32)cc(-n2c3ccccc3c3ccccc32)c1)OC.CCC(Cc1ccc2oc3ccc(-c4cc(-n5c6ccccc6c6ccccc65)cc(-n5c6ccccc6c6ccccc65)c4)cc3c2c1)OC.Cc1ccc(-c2cc[c-]c3c2c2ccccc2n2ccnc32)c(C)c1.[Ir]. The fraction of sp³-hybridized carbons (Fsp3) is 0.143. The van der Waals surface area contributed by atoms with Gasteiger partial charge in [-0.05, 0) is 235 Å². The molecule has 3 atom stereocenters. The number of furan rings is 1. The molecule has 9 heterocycles. The van der Waals surface area contributed by atoms with Crippen LogP contribution in [-0.4, -0.2) is 83.3 Å². The van der Waals surface area contributed by atoms with Gasteiger partial charge in [-0.2, -0.15) is 0 Å². The van der Waals surface area contributed by atoms with Crippen molar-refractivity contribution in [2.24, 2.45) is 0 Å². The molecule has 18 aromatic carbocycles. The number of nitrogens with zero attached hydrogens (tertiary/aromatic N) is 8. The molecule has 0 amide bonds. The van der Waals surface area contributed by atoms with Gasteiger partial charge in [0.15, 0.2) is 0 Å². The average molecular weight is 2090 g/mol. The van der Waals surface area contributed by atoms with Crippen LogP contribution in [-0.2, 0) is 58.5 Å². The van der Waals surface area contributed by atoms with Gasteiger partial charge in [-0.3, -0.25) is 9.97 Å². The smallest absolute Gasteiger partial charge is 0.135 e. The summed E-state index contributed by atoms with van der Waals surface area (Å²) in [7, 11) is 5.35. The molecule has 147 heavy (non-hydrogen) atoms. The number of ether oxygens (including phenoxy) is 4. The Hall–Kier alpha value is -16.1. The summed E-state index contributed by atoms with van der Waals surface area (Å²) in [6, 6.07) is 143. The van der Waals surface area contributed by atoms with E-state index >= 15 is 0 Å². The summed E-state index contributed by atoms with van der Waals surface area (Å²) < 4.78 is 43.2. The van der Waals surface area contributed by atoms with Crippen molar-refractivity contribution in [1.29, 1.82) is 0 Å². The number of fused-ring (bicyclic) bond motifs is 27. The molecule has 0 aliphatic heterocycles. The summed E-state index contributed by atoms with van der Waals surface area (Å²) >= 11 is 0. The maximum atomic E-state index is 6.37. The van der Waals surface area contributed by atoms with Crippen LogP contribution in [0.4, 0.5) is 0 Å². The average Bonchev–Trinajstić information content (AvgIpc) is 1.73. The zero-order valence-electron chi connectivity index (χ0n) is 83.7. The van der Waals surface area contributed by atoms with Gasteiger partial charge in [0.25, 0.3) is 0 Å². The van der Waals surface area contributed by atoms with Gasteiger partial charge in [0.2, 0.25) is 0 Å². The van der Waals surface area contributed by atoms with Crippen molar-refractivity contribution in [3.05, 3.63) is 446 Å². The molecule has 723 valence electrons. The molecule has 0 N–H and O–H groups in total. The monoisotopic (exact) mass is 2090 g/mol. The Bertz CT molecular complexity index is 9220. The first kappa shape index (κ1) is 94.5. The Labute approximate surface area is 867 Å². The number of rotatable bonds is 21. The van der Waals surface area contributed by atoms with Crippen molar-refractivity contribution in [3.8, 4) is 56.1 Å². The summed E-state index contributed by atoms with van der Waals surface area (Å²) in [5, 5.41) is 19.3. The van der Waals surface area contributed by atoms with Gasteiger partial charge >= 0.3 is 0 Å². The number of imidazole rings is 2. The van der Waals surface area contributed by atoms with Crippen LogP contribution in [0.5, 0.6) is 0 Å². The van der Waals surface area contributed by atoms with Gasteiger partial charge in [0.05, 0.1) is 87.0 Å². The number of pyridine rings is 2. The molecule has 3 unspecified atom stereocenters. The first-order valence-electron chi connectivity index (χ1n) is 50.8. The molecule has 0 saturated carbocycles. The van der Waals surface area contributed by atoms with Crippen LogP contribution in [0.25, 0.3) is 220 Å². The second kappa shape index (κ2) is 40.5. The van der Waals surface area contributed by atoms with Crippen molar-refractivity contribution in [3.63, 3.8) is 0 Å². The third kappa shape index (κ3) is 17.2. The largest absolute Gasteiger partial charge is 0.456 e. The zero-order chi connectivity index (χ0) is 98.7. The molecule has 27 aromatic rings. The van der Waals surface area contributed by atoms with E-state index < -0.39 is 0 Å². The Kier molecular flexibility index (Phi) is 26.0. The van der Waals surface area contributed by atoms with Crippen LogP contribution in [0.1, 0.15) is 73.4 Å². The molecule has 0 spiro atoms. The zero-order valence-corrected chi connectivity index (χ0v) is 86.1. The summed E-state index contributed by atoms with van der Waals surface area (Å²) in [5.74, 6) is 0. The van der Waals surface area contributed by atoms with E-state index in [9.17, 15) is 0 Å². The quantitative estimate of drug-likeness (QED) is 0.0521. The Balaban J connectivity index is 0.000000111. The van der Waals surface area contributed by atoms with Crippen molar-refractivity contribution >= 4 is 164 Å². The van der Waals surface area contributed by atoms with Crippen LogP contribution in [0.3, 0.4) is 0 Å². The number of benzene rings is 18. The molecule has 1 radical (unpaired) electrons. The van der Waals surface area contributed by atoms with Crippen LogP contribution in [0, 0.1) is 32.9 Å². The number of hydrogen-bond donors (Lipinski definition) is 0. The third-order valence-corrected chi connectivity index (χ3v) is 29.8.